The molecule has 2 rings (SSSR count). The molecule has 0 aliphatic rings. The molecule has 0 fully saturated rings. The van der Waals surface area contributed by atoms with Crippen molar-refractivity contribution in [1.29, 1.82) is 0 Å². The maximum atomic E-state index is 3.25. The van der Waals surface area contributed by atoms with E-state index in [2.05, 4.69) is 18.0 Å². The Labute approximate surface area is 98.4 Å². The summed E-state index contributed by atoms with van der Waals surface area (Å²) < 4.78 is 0. The number of benzene rings is 1. The molecule has 1 aromatic heterocycles. The average molecular weight is 234 g/mol. The second kappa shape index (κ2) is 6.39. The molecule has 0 aliphatic carbocycles. The van der Waals surface area contributed by atoms with Gasteiger partial charge in [-0.15, -0.1) is 6.07 Å². The maximum absolute atomic E-state index is 3.25. The molecule has 1 nitrogen and oxygen atoms in total. The Kier molecular flexibility index (Phi) is 6.32. The third-order valence-electron chi connectivity index (χ3n) is 1.38. The molecule has 1 radical (unpaired) electrons. The van der Waals surface area contributed by atoms with Gasteiger partial charge in [-0.3, -0.25) is 0 Å². The zero-order valence-electron chi connectivity index (χ0n) is 7.17. The van der Waals surface area contributed by atoms with Crippen LogP contribution in [0.25, 0.3) is 10.9 Å². The molecule has 12 heavy (non-hydrogen) atoms. The van der Waals surface area contributed by atoms with Gasteiger partial charge in [-0.2, -0.15) is 24.4 Å². The van der Waals surface area contributed by atoms with E-state index in [1.54, 1.807) is 6.92 Å². The maximum Gasteiger partial charge on any atom is 0 e. The smallest absolute Gasteiger partial charge is 0 e. The van der Waals surface area contributed by atoms with E-state index in [1.807, 2.05) is 30.5 Å². The molecule has 0 spiro atoms. The van der Waals surface area contributed by atoms with Crippen molar-refractivity contribution < 1.29 is 32.7 Å². The molecule has 0 bridgehead atoms. The summed E-state index contributed by atoms with van der Waals surface area (Å²) in [6, 6.07) is 11.1. The summed E-state index contributed by atoms with van der Waals surface area (Å²) in [6.07, 6.45) is 1.82. The van der Waals surface area contributed by atoms with E-state index in [0.717, 1.165) is 10.9 Å². The zero-order valence-corrected chi connectivity index (χ0v) is 10.0. The number of rotatable bonds is 0. The van der Waals surface area contributed by atoms with Crippen LogP contribution >= 0.6 is 0 Å². The molecule has 2 heteroatoms. The first-order valence-corrected chi connectivity index (χ1v) is 3.61. The number of hydrogen-bond donors (Lipinski definition) is 1. The van der Waals surface area contributed by atoms with Crippen LogP contribution in [0, 0.1) is 13.0 Å². The van der Waals surface area contributed by atoms with Crippen LogP contribution in [0.4, 0.5) is 0 Å². The first-order chi connectivity index (χ1) is 5.47. The molecule has 0 aliphatic heterocycles. The van der Waals surface area contributed by atoms with E-state index in [-0.39, 0.29) is 32.7 Å². The summed E-state index contributed by atoms with van der Waals surface area (Å²) in [6.45, 7) is 5.00. The van der Waals surface area contributed by atoms with Crippen molar-refractivity contribution in [2.24, 2.45) is 0 Å². The van der Waals surface area contributed by atoms with Crippen LogP contribution in [-0.2, 0) is 32.7 Å². The summed E-state index contributed by atoms with van der Waals surface area (Å²) in [5, 5.41) is 1.15. The van der Waals surface area contributed by atoms with Gasteiger partial charge in [0.1, 0.15) is 0 Å². The molecule has 1 aromatic carbocycles. The third kappa shape index (κ3) is 2.73. The molecule has 0 saturated carbocycles. The SMILES string of the molecule is [CH2-]C.[Y].[c-]1c[nH]c2ccccc12. The van der Waals surface area contributed by atoms with Gasteiger partial charge in [-0.25, -0.2) is 0 Å². The monoisotopic (exact) mass is 234 g/mol. The summed E-state index contributed by atoms with van der Waals surface area (Å²) >= 11 is 0. The molecule has 61 valence electrons. The topological polar surface area (TPSA) is 15.8 Å². The average Bonchev–Trinajstić information content (AvgIpc) is 2.55. The Balaban J connectivity index is 0.000000378. The van der Waals surface area contributed by atoms with E-state index in [0.29, 0.717) is 0 Å². The first kappa shape index (κ1) is 11.9. The summed E-state index contributed by atoms with van der Waals surface area (Å²) in [7, 11) is 0. The molecule has 2 aromatic rings. The van der Waals surface area contributed by atoms with E-state index >= 15 is 0 Å². The van der Waals surface area contributed by atoms with Crippen molar-refractivity contribution in [2.45, 2.75) is 6.92 Å². The van der Waals surface area contributed by atoms with Gasteiger partial charge in [0.2, 0.25) is 0 Å². The molecular weight excluding hydrogens is 223 g/mol. The van der Waals surface area contributed by atoms with Gasteiger partial charge in [0.25, 0.3) is 0 Å². The standard InChI is InChI=1S/C8H6N.C2H5.Y/c1-2-4-8-7(3-1)5-6-9-8;1-2;/h1-4,6,9H;1H2,2H3;/q2*-1;. The fourth-order valence-corrected chi connectivity index (χ4v) is 0.926. The van der Waals surface area contributed by atoms with Crippen molar-refractivity contribution in [3.05, 3.63) is 43.5 Å². The minimum Gasteiger partial charge on any atom is -0.424 e. The number of aromatic amines is 1. The van der Waals surface area contributed by atoms with Gasteiger partial charge >= 0.3 is 0 Å². The van der Waals surface area contributed by atoms with Crippen LogP contribution in [0.3, 0.4) is 0 Å². The number of aromatic nitrogens is 1. The summed E-state index contributed by atoms with van der Waals surface area (Å²) in [4.78, 5) is 3.06. The fraction of sp³-hybridized carbons (Fsp3) is 0.100. The van der Waals surface area contributed by atoms with Gasteiger partial charge in [0.05, 0.1) is 0 Å². The van der Waals surface area contributed by atoms with Gasteiger partial charge in [-0.1, -0.05) is 23.8 Å². The Morgan fingerprint density at radius 2 is 1.92 bits per heavy atom. The number of para-hydroxylation sites is 1. The molecule has 0 unspecified atom stereocenters. The fourth-order valence-electron chi connectivity index (χ4n) is 0.926. The van der Waals surface area contributed by atoms with Crippen LogP contribution < -0.4 is 0 Å². The Hall–Kier alpha value is -0.136. The molecular formula is C10H11NY-2. The van der Waals surface area contributed by atoms with Gasteiger partial charge in [0, 0.05) is 32.7 Å². The first-order valence-electron chi connectivity index (χ1n) is 3.61. The van der Waals surface area contributed by atoms with Crippen molar-refractivity contribution in [2.75, 3.05) is 0 Å². The predicted molar refractivity (Wildman–Crippen MR) is 48.2 cm³/mol. The van der Waals surface area contributed by atoms with E-state index in [1.165, 1.54) is 0 Å². The Morgan fingerprint density at radius 1 is 1.25 bits per heavy atom. The largest absolute Gasteiger partial charge is 0.424 e. The summed E-state index contributed by atoms with van der Waals surface area (Å²) in [5.74, 6) is 0. The molecule has 1 N–H and O–H groups in total. The van der Waals surface area contributed by atoms with E-state index < -0.39 is 0 Å². The van der Waals surface area contributed by atoms with Crippen LogP contribution in [0.2, 0.25) is 0 Å². The number of nitrogens with one attached hydrogen (secondary N) is 1. The second-order valence-electron chi connectivity index (χ2n) is 1.98. The van der Waals surface area contributed by atoms with Crippen LogP contribution in [0.15, 0.2) is 30.5 Å². The van der Waals surface area contributed by atoms with Crippen molar-refractivity contribution >= 4 is 10.9 Å². The van der Waals surface area contributed by atoms with Crippen molar-refractivity contribution in [1.82, 2.24) is 4.98 Å². The van der Waals surface area contributed by atoms with Crippen LogP contribution in [-0.4, -0.2) is 4.98 Å². The van der Waals surface area contributed by atoms with Crippen LogP contribution in [0.5, 0.6) is 0 Å². The number of hydrogen-bond acceptors (Lipinski definition) is 0. The third-order valence-corrected chi connectivity index (χ3v) is 1.38. The van der Waals surface area contributed by atoms with Crippen molar-refractivity contribution in [3.63, 3.8) is 0 Å². The van der Waals surface area contributed by atoms with Crippen molar-refractivity contribution in [3.8, 4) is 0 Å². The van der Waals surface area contributed by atoms with Gasteiger partial charge < -0.3 is 11.9 Å². The molecule has 0 saturated heterocycles. The Morgan fingerprint density at radius 3 is 2.58 bits per heavy atom. The minimum absolute atomic E-state index is 0. The van der Waals surface area contributed by atoms with Crippen LogP contribution in [0.1, 0.15) is 6.92 Å². The molecule has 0 amide bonds. The zero-order chi connectivity index (χ0) is 8.10. The number of fused-ring (bicyclic) bond motifs is 1. The number of H-pyrrole nitrogens is 1. The van der Waals surface area contributed by atoms with Gasteiger partial charge in [-0.05, 0) is 0 Å². The molecule has 1 heterocycles. The predicted octanol–water partition coefficient (Wildman–Crippen LogP) is 2.81. The van der Waals surface area contributed by atoms with E-state index in [9.17, 15) is 0 Å². The quantitative estimate of drug-likeness (QED) is 0.674. The Bertz CT molecular complexity index is 284. The summed E-state index contributed by atoms with van der Waals surface area (Å²) in [5.41, 5.74) is 1.15. The minimum atomic E-state index is 0. The molecule has 0 atom stereocenters. The van der Waals surface area contributed by atoms with E-state index in [4.69, 9.17) is 0 Å². The second-order valence-corrected chi connectivity index (χ2v) is 1.98. The van der Waals surface area contributed by atoms with Gasteiger partial charge in [0.15, 0.2) is 0 Å². The normalized spacial score (nSPS) is 8.17.